The second-order valence-corrected chi connectivity index (χ2v) is 6.11. The number of anilines is 2. The van der Waals surface area contributed by atoms with Crippen LogP contribution in [-0.4, -0.2) is 29.2 Å². The summed E-state index contributed by atoms with van der Waals surface area (Å²) < 4.78 is 0. The van der Waals surface area contributed by atoms with Gasteiger partial charge in [0.2, 0.25) is 5.91 Å². The fourth-order valence-electron chi connectivity index (χ4n) is 2.66. The molecule has 0 unspecified atom stereocenters. The van der Waals surface area contributed by atoms with Gasteiger partial charge in [-0.05, 0) is 49.1 Å². The van der Waals surface area contributed by atoms with Crippen molar-refractivity contribution in [3.63, 3.8) is 0 Å². The van der Waals surface area contributed by atoms with E-state index in [2.05, 4.69) is 20.4 Å². The van der Waals surface area contributed by atoms with Gasteiger partial charge in [-0.15, -0.1) is 10.2 Å². The quantitative estimate of drug-likeness (QED) is 0.934. The summed E-state index contributed by atoms with van der Waals surface area (Å²) in [6.07, 6.45) is 3.96. The van der Waals surface area contributed by atoms with Gasteiger partial charge in [-0.2, -0.15) is 0 Å². The van der Waals surface area contributed by atoms with Crippen LogP contribution < -0.4 is 10.2 Å². The summed E-state index contributed by atoms with van der Waals surface area (Å²) in [6, 6.07) is 10.9. The Morgan fingerprint density at radius 1 is 1.04 bits per heavy atom. The lowest BCUT2D eigenvalue weighted by Gasteiger charge is -2.27. The standard InChI is InChI=1S/C17H19ClN4O/c18-14-6-4-13(5-7-14)12-17(23)19-15-8-9-16(21-20-15)22-10-2-1-3-11-22/h4-9H,1-3,10-12H2,(H,19,20,23). The average Bonchev–Trinajstić information content (AvgIpc) is 2.58. The zero-order chi connectivity index (χ0) is 16.1. The summed E-state index contributed by atoms with van der Waals surface area (Å²) in [4.78, 5) is 14.3. The lowest BCUT2D eigenvalue weighted by Crippen LogP contribution is -2.30. The summed E-state index contributed by atoms with van der Waals surface area (Å²) in [6.45, 7) is 2.05. The first-order valence-electron chi connectivity index (χ1n) is 7.84. The molecule has 0 bridgehead atoms. The molecule has 1 aliphatic heterocycles. The molecule has 1 amide bonds. The second-order valence-electron chi connectivity index (χ2n) is 5.68. The Balaban J connectivity index is 1.57. The fraction of sp³-hybridized carbons (Fsp3) is 0.353. The molecule has 0 aliphatic carbocycles. The molecule has 120 valence electrons. The molecule has 1 aliphatic rings. The summed E-state index contributed by atoms with van der Waals surface area (Å²) in [5.41, 5.74) is 0.907. The van der Waals surface area contributed by atoms with E-state index >= 15 is 0 Å². The number of halogens is 1. The van der Waals surface area contributed by atoms with Gasteiger partial charge in [0, 0.05) is 18.1 Å². The second kappa shape index (κ2) is 7.42. The number of amides is 1. The van der Waals surface area contributed by atoms with E-state index in [1.165, 1.54) is 19.3 Å². The monoisotopic (exact) mass is 330 g/mol. The molecule has 0 atom stereocenters. The summed E-state index contributed by atoms with van der Waals surface area (Å²) in [7, 11) is 0. The molecule has 1 saturated heterocycles. The first-order valence-corrected chi connectivity index (χ1v) is 8.21. The van der Waals surface area contributed by atoms with Crippen LogP contribution in [0.15, 0.2) is 36.4 Å². The van der Waals surface area contributed by atoms with E-state index in [0.29, 0.717) is 10.8 Å². The molecular weight excluding hydrogens is 312 g/mol. The van der Waals surface area contributed by atoms with Crippen LogP contribution in [0, 0.1) is 0 Å². The van der Waals surface area contributed by atoms with Crippen molar-refractivity contribution >= 4 is 29.1 Å². The van der Waals surface area contributed by atoms with Gasteiger partial charge in [-0.3, -0.25) is 4.79 Å². The largest absolute Gasteiger partial charge is 0.355 e. The van der Waals surface area contributed by atoms with Crippen molar-refractivity contribution in [2.24, 2.45) is 0 Å². The predicted octanol–water partition coefficient (Wildman–Crippen LogP) is 3.30. The summed E-state index contributed by atoms with van der Waals surface area (Å²) in [5, 5.41) is 11.8. The maximum atomic E-state index is 12.0. The van der Waals surface area contributed by atoms with E-state index in [0.717, 1.165) is 24.5 Å². The highest BCUT2D eigenvalue weighted by Gasteiger charge is 2.13. The van der Waals surface area contributed by atoms with Gasteiger partial charge in [0.15, 0.2) is 11.6 Å². The van der Waals surface area contributed by atoms with E-state index in [4.69, 9.17) is 11.6 Å². The number of hydrogen-bond donors (Lipinski definition) is 1. The molecule has 3 rings (SSSR count). The predicted molar refractivity (Wildman–Crippen MR) is 91.9 cm³/mol. The molecule has 5 nitrogen and oxygen atoms in total. The number of carbonyl (C=O) groups is 1. The van der Waals surface area contributed by atoms with Crippen LogP contribution in [-0.2, 0) is 11.2 Å². The Kier molecular flexibility index (Phi) is 5.08. The van der Waals surface area contributed by atoms with Crippen molar-refractivity contribution < 1.29 is 4.79 Å². The number of carbonyl (C=O) groups excluding carboxylic acids is 1. The van der Waals surface area contributed by atoms with Crippen LogP contribution in [0.5, 0.6) is 0 Å². The summed E-state index contributed by atoms with van der Waals surface area (Å²) >= 11 is 5.83. The first kappa shape index (κ1) is 15.7. The third-order valence-corrected chi connectivity index (χ3v) is 4.13. The number of aromatic nitrogens is 2. The number of nitrogens with one attached hydrogen (secondary N) is 1. The Morgan fingerprint density at radius 3 is 2.43 bits per heavy atom. The summed E-state index contributed by atoms with van der Waals surface area (Å²) in [5.74, 6) is 1.23. The topological polar surface area (TPSA) is 58.1 Å². The van der Waals surface area contributed by atoms with Crippen LogP contribution in [0.4, 0.5) is 11.6 Å². The molecule has 23 heavy (non-hydrogen) atoms. The highest BCUT2D eigenvalue weighted by molar-refractivity contribution is 6.30. The highest BCUT2D eigenvalue weighted by Crippen LogP contribution is 2.17. The highest BCUT2D eigenvalue weighted by atomic mass is 35.5. The van der Waals surface area contributed by atoms with Crippen molar-refractivity contribution in [1.82, 2.24) is 10.2 Å². The number of nitrogens with zero attached hydrogens (tertiary/aromatic N) is 3. The van der Waals surface area contributed by atoms with Gasteiger partial charge < -0.3 is 10.2 Å². The molecule has 1 fully saturated rings. The number of piperidine rings is 1. The normalized spacial score (nSPS) is 14.6. The van der Waals surface area contributed by atoms with Crippen molar-refractivity contribution in [2.75, 3.05) is 23.3 Å². The van der Waals surface area contributed by atoms with Gasteiger partial charge in [0.05, 0.1) is 6.42 Å². The Morgan fingerprint density at radius 2 is 1.78 bits per heavy atom. The Hall–Kier alpha value is -2.14. The van der Waals surface area contributed by atoms with Gasteiger partial charge in [-0.1, -0.05) is 23.7 Å². The maximum Gasteiger partial charge on any atom is 0.229 e. The minimum atomic E-state index is -0.118. The number of rotatable bonds is 4. The lowest BCUT2D eigenvalue weighted by molar-refractivity contribution is -0.115. The molecule has 1 aromatic heterocycles. The Bertz CT molecular complexity index is 651. The van der Waals surface area contributed by atoms with Gasteiger partial charge in [0.1, 0.15) is 0 Å². The molecular formula is C17H19ClN4O. The Labute approximate surface area is 140 Å². The van der Waals surface area contributed by atoms with E-state index in [1.54, 1.807) is 18.2 Å². The van der Waals surface area contributed by atoms with E-state index in [-0.39, 0.29) is 12.3 Å². The van der Waals surface area contributed by atoms with Crippen molar-refractivity contribution in [2.45, 2.75) is 25.7 Å². The molecule has 6 heteroatoms. The fourth-order valence-corrected chi connectivity index (χ4v) is 2.78. The zero-order valence-electron chi connectivity index (χ0n) is 12.8. The molecule has 1 N–H and O–H groups in total. The van der Waals surface area contributed by atoms with Gasteiger partial charge in [-0.25, -0.2) is 0 Å². The van der Waals surface area contributed by atoms with Gasteiger partial charge in [0.25, 0.3) is 0 Å². The van der Waals surface area contributed by atoms with Crippen molar-refractivity contribution in [3.8, 4) is 0 Å². The van der Waals surface area contributed by atoms with Crippen LogP contribution in [0.3, 0.4) is 0 Å². The third-order valence-electron chi connectivity index (χ3n) is 3.88. The van der Waals surface area contributed by atoms with Crippen LogP contribution in [0.1, 0.15) is 24.8 Å². The van der Waals surface area contributed by atoms with E-state index in [9.17, 15) is 4.79 Å². The van der Waals surface area contributed by atoms with E-state index < -0.39 is 0 Å². The van der Waals surface area contributed by atoms with Crippen molar-refractivity contribution in [1.29, 1.82) is 0 Å². The molecule has 2 heterocycles. The van der Waals surface area contributed by atoms with E-state index in [1.807, 2.05) is 18.2 Å². The minimum Gasteiger partial charge on any atom is -0.355 e. The zero-order valence-corrected chi connectivity index (χ0v) is 13.6. The molecule has 0 saturated carbocycles. The van der Waals surface area contributed by atoms with Crippen LogP contribution >= 0.6 is 11.6 Å². The van der Waals surface area contributed by atoms with Crippen molar-refractivity contribution in [3.05, 3.63) is 47.0 Å². The third kappa shape index (κ3) is 4.42. The minimum absolute atomic E-state index is 0.118. The maximum absolute atomic E-state index is 12.0. The molecule has 1 aromatic carbocycles. The molecule has 0 spiro atoms. The average molecular weight is 331 g/mol. The first-order chi connectivity index (χ1) is 11.2. The molecule has 2 aromatic rings. The number of benzene rings is 1. The SMILES string of the molecule is O=C(Cc1ccc(Cl)cc1)Nc1ccc(N2CCCCC2)nn1. The smallest absolute Gasteiger partial charge is 0.229 e. The molecule has 0 radical (unpaired) electrons. The van der Waals surface area contributed by atoms with Gasteiger partial charge >= 0.3 is 0 Å². The van der Waals surface area contributed by atoms with Crippen LogP contribution in [0.25, 0.3) is 0 Å². The lowest BCUT2D eigenvalue weighted by atomic mass is 10.1. The van der Waals surface area contributed by atoms with Crippen LogP contribution in [0.2, 0.25) is 5.02 Å². The number of hydrogen-bond acceptors (Lipinski definition) is 4.